The molecule has 0 unspecified atom stereocenters. The van der Waals surface area contributed by atoms with Crippen LogP contribution >= 0.6 is 11.3 Å². The highest BCUT2D eigenvalue weighted by molar-refractivity contribution is 7.10. The molecule has 0 spiro atoms. The topological polar surface area (TPSA) is 141 Å². The molecule has 3 aromatic rings. The average molecular weight is 558 g/mol. The van der Waals surface area contributed by atoms with Crippen LogP contribution in [-0.2, 0) is 16.1 Å². The summed E-state index contributed by atoms with van der Waals surface area (Å²) in [5.74, 6) is -0.219. The maximum Gasteiger partial charge on any atom is 0.265 e. The van der Waals surface area contributed by atoms with Crippen LogP contribution in [0.3, 0.4) is 0 Å². The van der Waals surface area contributed by atoms with E-state index < -0.39 is 17.9 Å². The number of nitrogens with zero attached hydrogens (tertiary/aromatic N) is 2. The Balaban J connectivity index is 1.15. The number of benzene rings is 2. The number of amides is 4. The second-order valence-electron chi connectivity index (χ2n) is 10.1. The molecule has 5 rings (SSSR count). The Bertz CT molecular complexity index is 1480. The molecule has 0 radical (unpaired) electrons. The normalized spacial score (nSPS) is 20.6. The predicted octanol–water partition coefficient (Wildman–Crippen LogP) is 3.18. The van der Waals surface area contributed by atoms with Crippen LogP contribution in [0.2, 0.25) is 0 Å². The van der Waals surface area contributed by atoms with Crippen molar-refractivity contribution in [1.82, 2.24) is 20.9 Å². The fraction of sp³-hybridized carbons (Fsp3) is 0.276. The summed E-state index contributed by atoms with van der Waals surface area (Å²) in [5, 5.41) is 17.8. The Labute approximate surface area is 234 Å². The third kappa shape index (κ3) is 5.82. The van der Waals surface area contributed by atoms with Crippen molar-refractivity contribution in [2.75, 3.05) is 6.54 Å². The van der Waals surface area contributed by atoms with Gasteiger partial charge in [-0.1, -0.05) is 25.1 Å². The number of likely N-dealkylation sites (tertiary alicyclic amines) is 1. The number of carbonyl (C=O) groups excluding carboxylic acids is 4. The Morgan fingerprint density at radius 2 is 1.73 bits per heavy atom. The van der Waals surface area contributed by atoms with E-state index in [9.17, 15) is 19.2 Å². The van der Waals surface area contributed by atoms with E-state index in [2.05, 4.69) is 22.9 Å². The van der Waals surface area contributed by atoms with Crippen LogP contribution in [-0.4, -0.2) is 47.2 Å². The number of fused-ring (bicyclic) bond motifs is 1. The van der Waals surface area contributed by atoms with Crippen molar-refractivity contribution in [2.24, 2.45) is 5.41 Å². The molecule has 1 aromatic heterocycles. The number of hydrogen-bond acceptors (Lipinski definition) is 7. The summed E-state index contributed by atoms with van der Waals surface area (Å²) in [6.45, 7) is 2.03. The summed E-state index contributed by atoms with van der Waals surface area (Å²) in [5.41, 5.74) is 0.622. The molecule has 40 heavy (non-hydrogen) atoms. The SMILES string of the molecule is C[C@@]12C[C@@H]1N(C(=O)CNC(=O)c1ccc(Oc3ccccc3)cc1)[C@H](C(=O)NCc1cc(C(=O)NC#N)cs1)C2. The zero-order valence-electron chi connectivity index (χ0n) is 21.7. The lowest BCUT2D eigenvalue weighted by atomic mass is 10.0. The zero-order chi connectivity index (χ0) is 28.3. The van der Waals surface area contributed by atoms with E-state index in [0.29, 0.717) is 29.0 Å². The van der Waals surface area contributed by atoms with Crippen LogP contribution in [0.1, 0.15) is 45.4 Å². The third-order valence-electron chi connectivity index (χ3n) is 7.24. The Morgan fingerprint density at radius 3 is 2.45 bits per heavy atom. The molecule has 2 aromatic carbocycles. The van der Waals surface area contributed by atoms with Crippen LogP contribution in [0.5, 0.6) is 11.5 Å². The molecular formula is C29H27N5O5S. The van der Waals surface area contributed by atoms with E-state index in [4.69, 9.17) is 10.00 Å². The van der Waals surface area contributed by atoms with E-state index >= 15 is 0 Å². The maximum absolute atomic E-state index is 13.2. The smallest absolute Gasteiger partial charge is 0.265 e. The maximum atomic E-state index is 13.2. The van der Waals surface area contributed by atoms with Crippen molar-refractivity contribution in [3.05, 3.63) is 82.0 Å². The van der Waals surface area contributed by atoms with E-state index in [0.717, 1.165) is 11.3 Å². The molecule has 1 aliphatic heterocycles. The molecule has 2 aliphatic rings. The summed E-state index contributed by atoms with van der Waals surface area (Å²) >= 11 is 1.29. The highest BCUT2D eigenvalue weighted by atomic mass is 32.1. The number of carbonyl (C=O) groups is 4. The van der Waals surface area contributed by atoms with Gasteiger partial charge in [0.2, 0.25) is 11.8 Å². The molecule has 204 valence electrons. The number of rotatable bonds is 9. The quantitative estimate of drug-likeness (QED) is 0.273. The van der Waals surface area contributed by atoms with Gasteiger partial charge in [-0.25, -0.2) is 0 Å². The van der Waals surface area contributed by atoms with Gasteiger partial charge in [0.05, 0.1) is 18.7 Å². The lowest BCUT2D eigenvalue weighted by Gasteiger charge is -2.27. The fourth-order valence-corrected chi connectivity index (χ4v) is 5.82. The van der Waals surface area contributed by atoms with Gasteiger partial charge in [-0.15, -0.1) is 11.3 Å². The molecule has 10 nitrogen and oxygen atoms in total. The first kappa shape index (κ1) is 26.9. The minimum absolute atomic E-state index is 0.0370. The average Bonchev–Trinajstić information content (AvgIpc) is 3.26. The molecule has 3 atom stereocenters. The minimum Gasteiger partial charge on any atom is -0.457 e. The number of thiophene rings is 1. The number of para-hydroxylation sites is 1. The zero-order valence-corrected chi connectivity index (χ0v) is 22.5. The van der Waals surface area contributed by atoms with E-state index in [1.807, 2.05) is 30.3 Å². The first-order valence-corrected chi connectivity index (χ1v) is 13.6. The Kier molecular flexibility index (Phi) is 7.53. The number of hydrogen-bond donors (Lipinski definition) is 3. The van der Waals surface area contributed by atoms with Crippen molar-refractivity contribution >= 4 is 35.0 Å². The summed E-state index contributed by atoms with van der Waals surface area (Å²) in [6, 6.07) is 16.9. The van der Waals surface area contributed by atoms with Gasteiger partial charge in [-0.05, 0) is 60.7 Å². The van der Waals surface area contributed by atoms with Gasteiger partial charge in [-0.2, -0.15) is 5.26 Å². The second-order valence-corrected chi connectivity index (χ2v) is 11.1. The van der Waals surface area contributed by atoms with Gasteiger partial charge < -0.3 is 20.3 Å². The molecule has 0 bridgehead atoms. The molecule has 4 amide bonds. The molecule has 1 saturated heterocycles. The van der Waals surface area contributed by atoms with Gasteiger partial charge in [0.15, 0.2) is 6.19 Å². The predicted molar refractivity (Wildman–Crippen MR) is 146 cm³/mol. The van der Waals surface area contributed by atoms with Crippen molar-refractivity contribution in [2.45, 2.75) is 38.4 Å². The van der Waals surface area contributed by atoms with Crippen LogP contribution in [0.25, 0.3) is 0 Å². The molecule has 1 saturated carbocycles. The van der Waals surface area contributed by atoms with Gasteiger partial charge in [0, 0.05) is 21.9 Å². The van der Waals surface area contributed by atoms with E-state index in [1.165, 1.54) is 11.3 Å². The van der Waals surface area contributed by atoms with E-state index in [1.54, 1.807) is 46.8 Å². The summed E-state index contributed by atoms with van der Waals surface area (Å²) < 4.78 is 5.75. The number of piperidine rings is 1. The molecule has 3 N–H and O–H groups in total. The van der Waals surface area contributed by atoms with Crippen molar-refractivity contribution in [3.8, 4) is 17.7 Å². The summed E-state index contributed by atoms with van der Waals surface area (Å²) in [4.78, 5) is 53.1. The van der Waals surface area contributed by atoms with Crippen molar-refractivity contribution in [3.63, 3.8) is 0 Å². The lowest BCUT2D eigenvalue weighted by Crippen LogP contribution is -2.50. The Morgan fingerprint density at radius 1 is 1.00 bits per heavy atom. The third-order valence-corrected chi connectivity index (χ3v) is 8.18. The second kappa shape index (κ2) is 11.2. The van der Waals surface area contributed by atoms with Crippen LogP contribution in [0, 0.1) is 16.9 Å². The summed E-state index contributed by atoms with van der Waals surface area (Å²) in [7, 11) is 0. The molecule has 1 aliphatic carbocycles. The minimum atomic E-state index is -0.635. The van der Waals surface area contributed by atoms with Crippen LogP contribution in [0.4, 0.5) is 0 Å². The number of nitrogens with one attached hydrogen (secondary N) is 3. The van der Waals surface area contributed by atoms with Gasteiger partial charge in [0.25, 0.3) is 11.8 Å². The van der Waals surface area contributed by atoms with Gasteiger partial charge >= 0.3 is 0 Å². The highest BCUT2D eigenvalue weighted by Gasteiger charge is 2.64. The molecular weight excluding hydrogens is 530 g/mol. The van der Waals surface area contributed by atoms with E-state index in [-0.39, 0.29) is 36.4 Å². The van der Waals surface area contributed by atoms with Crippen molar-refractivity contribution < 1.29 is 23.9 Å². The first-order chi connectivity index (χ1) is 19.3. The molecule has 2 heterocycles. The van der Waals surface area contributed by atoms with Gasteiger partial charge in [0.1, 0.15) is 17.5 Å². The number of nitriles is 1. The molecule has 11 heteroatoms. The standard InChI is InChI=1S/C29H27N5O5S/c1-29-12-23(28(38)31-14-22-11-19(16-40-22)27(37)33-17-30)34(24(29)13-29)25(35)15-32-26(36)18-7-9-21(10-8-18)39-20-5-3-2-4-6-20/h2-11,16,23-24H,12-15H2,1H3,(H,31,38)(H,32,36)(H,33,37)/t23-,24-,29+/m0/s1. The number of ether oxygens (including phenoxy) is 1. The molecule has 2 fully saturated rings. The van der Waals surface area contributed by atoms with Crippen LogP contribution < -0.4 is 20.7 Å². The largest absolute Gasteiger partial charge is 0.457 e. The monoisotopic (exact) mass is 557 g/mol. The highest BCUT2D eigenvalue weighted by Crippen LogP contribution is 2.59. The Hall–Kier alpha value is -4.69. The summed E-state index contributed by atoms with van der Waals surface area (Å²) in [6.07, 6.45) is 2.96. The lowest BCUT2D eigenvalue weighted by molar-refractivity contribution is -0.139. The fourth-order valence-electron chi connectivity index (χ4n) is 5.02. The van der Waals surface area contributed by atoms with Crippen LogP contribution in [0.15, 0.2) is 66.0 Å². The van der Waals surface area contributed by atoms with Crippen molar-refractivity contribution in [1.29, 1.82) is 5.26 Å². The van der Waals surface area contributed by atoms with Gasteiger partial charge in [-0.3, -0.25) is 24.5 Å². The first-order valence-electron chi connectivity index (χ1n) is 12.7.